The summed E-state index contributed by atoms with van der Waals surface area (Å²) < 4.78 is 17.5. The zero-order valence-corrected chi connectivity index (χ0v) is 25.8. The molecular weight excluding hydrogens is 646 g/mol. The highest BCUT2D eigenvalue weighted by atomic mass is 79.9. The molecule has 2 aliphatic rings. The van der Waals surface area contributed by atoms with Crippen LogP contribution in [0.4, 0.5) is 16.2 Å². The van der Waals surface area contributed by atoms with Gasteiger partial charge in [-0.15, -0.1) is 0 Å². The second kappa shape index (κ2) is 13.6. The molecule has 3 amide bonds. The van der Waals surface area contributed by atoms with Crippen molar-refractivity contribution in [3.63, 3.8) is 0 Å². The number of para-hydroxylation sites is 2. The van der Waals surface area contributed by atoms with Gasteiger partial charge in [-0.05, 0) is 81.3 Å². The molecule has 2 aliphatic heterocycles. The molecule has 2 saturated heterocycles. The van der Waals surface area contributed by atoms with Crippen LogP contribution in [0.5, 0.6) is 11.5 Å². The lowest BCUT2D eigenvalue weighted by Gasteiger charge is -2.30. The van der Waals surface area contributed by atoms with E-state index in [0.717, 1.165) is 27.9 Å². The number of rotatable bonds is 9. The summed E-state index contributed by atoms with van der Waals surface area (Å²) >= 11 is 10.3. The Hall–Kier alpha value is -3.51. The smallest absolute Gasteiger partial charge is 0.294 e. The molecule has 3 aromatic rings. The molecule has 9 nitrogen and oxygen atoms in total. The van der Waals surface area contributed by atoms with Crippen molar-refractivity contribution in [2.45, 2.75) is 6.61 Å². The van der Waals surface area contributed by atoms with Crippen molar-refractivity contribution in [3.05, 3.63) is 86.2 Å². The van der Waals surface area contributed by atoms with Crippen LogP contribution in [0.1, 0.15) is 11.1 Å². The predicted molar refractivity (Wildman–Crippen MR) is 167 cm³/mol. The Morgan fingerprint density at radius 1 is 1.12 bits per heavy atom. The van der Waals surface area contributed by atoms with Gasteiger partial charge in [-0.1, -0.05) is 35.9 Å². The van der Waals surface area contributed by atoms with Gasteiger partial charge in [0.15, 0.2) is 11.5 Å². The maximum absolute atomic E-state index is 13.1. The van der Waals surface area contributed by atoms with Crippen molar-refractivity contribution in [1.29, 1.82) is 0 Å². The minimum absolute atomic E-state index is 0.199. The molecule has 0 saturated carbocycles. The van der Waals surface area contributed by atoms with Crippen LogP contribution >= 0.6 is 39.3 Å². The minimum Gasteiger partial charge on any atom is -0.493 e. The van der Waals surface area contributed by atoms with E-state index in [4.69, 9.17) is 25.8 Å². The molecule has 5 rings (SSSR count). The molecule has 0 spiro atoms. The van der Waals surface area contributed by atoms with E-state index in [1.165, 1.54) is 7.11 Å². The van der Waals surface area contributed by atoms with Gasteiger partial charge in [-0.2, -0.15) is 0 Å². The lowest BCUT2D eigenvalue weighted by atomic mass is 10.1. The van der Waals surface area contributed by atoms with Crippen molar-refractivity contribution in [1.82, 2.24) is 4.90 Å². The number of nitrogens with zero attached hydrogens (tertiary/aromatic N) is 2. The zero-order chi connectivity index (χ0) is 29.6. The van der Waals surface area contributed by atoms with E-state index in [-0.39, 0.29) is 4.91 Å². The quantitative estimate of drug-likeness (QED) is 0.269. The fourth-order valence-corrected chi connectivity index (χ4v) is 6.02. The summed E-state index contributed by atoms with van der Waals surface area (Å²) in [6.45, 7) is 2.52. The summed E-state index contributed by atoms with van der Waals surface area (Å²) in [7, 11) is 1.52. The predicted octanol–water partition coefficient (Wildman–Crippen LogP) is 6.20. The number of carbonyl (C=O) groups is 3. The van der Waals surface area contributed by atoms with Gasteiger partial charge in [0, 0.05) is 18.1 Å². The van der Waals surface area contributed by atoms with Gasteiger partial charge in [0.25, 0.3) is 11.1 Å². The molecule has 12 heteroatoms. The first-order chi connectivity index (χ1) is 20.3. The van der Waals surface area contributed by atoms with Gasteiger partial charge in [0.1, 0.15) is 13.2 Å². The molecular formula is C30H27BrClN3O6S. The lowest BCUT2D eigenvalue weighted by molar-refractivity contribution is -0.127. The number of ether oxygens (including phenoxy) is 3. The number of methoxy groups -OCH3 is 1. The Labute approximate surface area is 260 Å². The molecule has 0 radical (unpaired) electrons. The highest BCUT2D eigenvalue weighted by Gasteiger charge is 2.36. The lowest BCUT2D eigenvalue weighted by Crippen LogP contribution is -2.38. The van der Waals surface area contributed by atoms with Crippen LogP contribution in [-0.2, 0) is 20.9 Å². The number of imide groups is 1. The summed E-state index contributed by atoms with van der Waals surface area (Å²) in [5.41, 5.74) is 3.03. The van der Waals surface area contributed by atoms with E-state index in [9.17, 15) is 14.4 Å². The topological polar surface area (TPSA) is 97.4 Å². The average Bonchev–Trinajstić information content (AvgIpc) is 3.25. The fraction of sp³-hybridized carbons (Fsp3) is 0.233. The summed E-state index contributed by atoms with van der Waals surface area (Å²) in [6, 6.07) is 18.2. The van der Waals surface area contributed by atoms with Crippen LogP contribution in [-0.4, -0.2) is 61.9 Å². The number of morpholine rings is 1. The number of hydrogen-bond donors (Lipinski definition) is 1. The number of nitrogens with one attached hydrogen (secondary N) is 1. The van der Waals surface area contributed by atoms with Crippen molar-refractivity contribution < 1.29 is 28.6 Å². The number of halogens is 2. The average molecular weight is 673 g/mol. The number of hydrogen-bond acceptors (Lipinski definition) is 8. The molecule has 2 heterocycles. The van der Waals surface area contributed by atoms with Crippen LogP contribution in [0.2, 0.25) is 5.02 Å². The van der Waals surface area contributed by atoms with Crippen LogP contribution in [0.25, 0.3) is 6.08 Å². The van der Waals surface area contributed by atoms with Crippen LogP contribution in [0.15, 0.2) is 70.0 Å². The molecule has 0 unspecified atom stereocenters. The molecule has 0 aliphatic carbocycles. The highest BCUT2D eigenvalue weighted by Crippen LogP contribution is 2.39. The van der Waals surface area contributed by atoms with E-state index in [1.54, 1.807) is 36.4 Å². The van der Waals surface area contributed by atoms with Crippen LogP contribution in [0, 0.1) is 0 Å². The Balaban J connectivity index is 1.26. The fourth-order valence-electron chi connectivity index (χ4n) is 4.48. The van der Waals surface area contributed by atoms with Gasteiger partial charge in [-0.3, -0.25) is 19.3 Å². The maximum Gasteiger partial charge on any atom is 0.294 e. The summed E-state index contributed by atoms with van der Waals surface area (Å²) in [5, 5.41) is 2.98. The standard InChI is InChI=1S/C30H27BrClN3O6S/c1-39-25-15-20(14-22(31)28(25)41-18-19-6-8-21(32)9-7-19)16-26-29(37)35(30(38)42-26)17-27(36)33-23-4-2-3-5-24(23)34-10-12-40-13-11-34/h2-9,14-16H,10-13,17-18H2,1H3,(H,33,36)/b26-16+. The first kappa shape index (κ1) is 30.0. The summed E-state index contributed by atoms with van der Waals surface area (Å²) in [6.07, 6.45) is 1.59. The molecule has 42 heavy (non-hydrogen) atoms. The number of benzene rings is 3. The Morgan fingerprint density at radius 3 is 2.60 bits per heavy atom. The number of thioether (sulfide) groups is 1. The monoisotopic (exact) mass is 671 g/mol. The van der Waals surface area contributed by atoms with Crippen LogP contribution < -0.4 is 19.7 Å². The maximum atomic E-state index is 13.1. The molecule has 0 bridgehead atoms. The number of anilines is 2. The number of carbonyl (C=O) groups excluding carboxylic acids is 3. The van der Waals surface area contributed by atoms with Crippen molar-refractivity contribution in [3.8, 4) is 11.5 Å². The van der Waals surface area contributed by atoms with Crippen molar-refractivity contribution in [2.75, 3.05) is 50.2 Å². The third kappa shape index (κ3) is 7.09. The number of amides is 3. The van der Waals surface area contributed by atoms with Gasteiger partial charge < -0.3 is 24.4 Å². The first-order valence-electron chi connectivity index (χ1n) is 13.0. The van der Waals surface area contributed by atoms with Crippen molar-refractivity contribution in [2.24, 2.45) is 0 Å². The zero-order valence-electron chi connectivity index (χ0n) is 22.6. The van der Waals surface area contributed by atoms with Crippen LogP contribution in [0.3, 0.4) is 0 Å². The molecule has 2 fully saturated rings. The second-order valence-corrected chi connectivity index (χ2v) is 11.7. The highest BCUT2D eigenvalue weighted by molar-refractivity contribution is 9.10. The molecule has 3 aromatic carbocycles. The SMILES string of the molecule is COc1cc(/C=C2/SC(=O)N(CC(=O)Nc3ccccc3N3CCOCC3)C2=O)cc(Br)c1OCc1ccc(Cl)cc1. The molecule has 218 valence electrons. The Kier molecular flexibility index (Phi) is 9.73. The van der Waals surface area contributed by atoms with E-state index >= 15 is 0 Å². The van der Waals surface area contributed by atoms with Gasteiger partial charge >= 0.3 is 0 Å². The molecule has 0 atom stereocenters. The van der Waals surface area contributed by atoms with Gasteiger partial charge in [0.05, 0.1) is 41.1 Å². The first-order valence-corrected chi connectivity index (χ1v) is 15.0. The molecule has 1 N–H and O–H groups in total. The largest absolute Gasteiger partial charge is 0.493 e. The van der Waals surface area contributed by atoms with Gasteiger partial charge in [-0.25, -0.2) is 0 Å². The normalized spacial score (nSPS) is 16.2. The minimum atomic E-state index is -0.542. The van der Waals surface area contributed by atoms with Gasteiger partial charge in [0.2, 0.25) is 5.91 Å². The summed E-state index contributed by atoms with van der Waals surface area (Å²) in [4.78, 5) is 42.1. The second-order valence-electron chi connectivity index (χ2n) is 9.38. The van der Waals surface area contributed by atoms with E-state index in [1.807, 2.05) is 30.3 Å². The van der Waals surface area contributed by atoms with E-state index in [0.29, 0.717) is 65.2 Å². The van der Waals surface area contributed by atoms with E-state index < -0.39 is 23.6 Å². The third-order valence-corrected chi connectivity index (χ3v) is 8.30. The summed E-state index contributed by atoms with van der Waals surface area (Å²) in [5.74, 6) is -0.0699. The Bertz CT molecular complexity index is 1530. The Morgan fingerprint density at radius 2 is 1.86 bits per heavy atom. The van der Waals surface area contributed by atoms with E-state index in [2.05, 4.69) is 26.1 Å². The third-order valence-electron chi connectivity index (χ3n) is 6.55. The van der Waals surface area contributed by atoms with Crippen molar-refractivity contribution >= 4 is 73.8 Å². The molecule has 0 aromatic heterocycles.